The average Bonchev–Trinajstić information content (AvgIpc) is 2.72. The van der Waals surface area contributed by atoms with Crippen molar-refractivity contribution >= 4 is 38.9 Å². The first-order chi connectivity index (χ1) is 9.04. The van der Waals surface area contributed by atoms with Gasteiger partial charge in [0.15, 0.2) is 0 Å². The van der Waals surface area contributed by atoms with Crippen LogP contribution in [0.25, 0.3) is 0 Å². The SMILES string of the molecule is CCOc1ccc(C(N)c2scc(C)c2Cl)cc1Br. The fourth-order valence-electron chi connectivity index (χ4n) is 1.79. The van der Waals surface area contributed by atoms with Crippen LogP contribution in [0.3, 0.4) is 0 Å². The van der Waals surface area contributed by atoms with Crippen LogP contribution in [0.2, 0.25) is 5.02 Å². The molecule has 1 aromatic carbocycles. The molecule has 1 unspecified atom stereocenters. The van der Waals surface area contributed by atoms with Crippen molar-refractivity contribution in [2.75, 3.05) is 6.61 Å². The molecule has 2 rings (SSSR count). The normalized spacial score (nSPS) is 12.5. The van der Waals surface area contributed by atoms with E-state index in [-0.39, 0.29) is 6.04 Å². The van der Waals surface area contributed by atoms with E-state index in [0.29, 0.717) is 6.61 Å². The molecule has 5 heteroatoms. The molecule has 0 bridgehead atoms. The van der Waals surface area contributed by atoms with E-state index in [2.05, 4.69) is 15.9 Å². The van der Waals surface area contributed by atoms with Gasteiger partial charge in [-0.25, -0.2) is 0 Å². The van der Waals surface area contributed by atoms with Gasteiger partial charge in [0, 0.05) is 4.88 Å². The van der Waals surface area contributed by atoms with Crippen molar-refractivity contribution in [2.45, 2.75) is 19.9 Å². The van der Waals surface area contributed by atoms with Crippen molar-refractivity contribution < 1.29 is 4.74 Å². The second kappa shape index (κ2) is 6.27. The molecule has 0 aliphatic rings. The molecule has 2 nitrogen and oxygen atoms in total. The molecule has 1 aromatic heterocycles. The molecular formula is C14H15BrClNOS. The third-order valence-electron chi connectivity index (χ3n) is 2.82. The Bertz CT molecular complexity index is 585. The molecule has 0 radical (unpaired) electrons. The van der Waals surface area contributed by atoms with E-state index in [0.717, 1.165) is 31.2 Å². The van der Waals surface area contributed by atoms with E-state index in [1.807, 2.05) is 37.4 Å². The maximum absolute atomic E-state index is 6.29. The summed E-state index contributed by atoms with van der Waals surface area (Å²) < 4.78 is 6.40. The van der Waals surface area contributed by atoms with Crippen LogP contribution in [0.15, 0.2) is 28.1 Å². The lowest BCUT2D eigenvalue weighted by Gasteiger charge is -2.13. The first kappa shape index (κ1) is 14.9. The number of benzene rings is 1. The molecule has 19 heavy (non-hydrogen) atoms. The Labute approximate surface area is 130 Å². The molecule has 2 N–H and O–H groups in total. The van der Waals surface area contributed by atoms with E-state index in [4.69, 9.17) is 22.1 Å². The molecule has 2 aromatic rings. The number of thiophene rings is 1. The van der Waals surface area contributed by atoms with Crippen LogP contribution in [0.1, 0.15) is 29.0 Å². The quantitative estimate of drug-likeness (QED) is 0.840. The van der Waals surface area contributed by atoms with E-state index in [1.54, 1.807) is 11.3 Å². The van der Waals surface area contributed by atoms with Gasteiger partial charge in [-0.1, -0.05) is 17.7 Å². The summed E-state index contributed by atoms with van der Waals surface area (Å²) in [5, 5.41) is 2.80. The van der Waals surface area contributed by atoms with Crippen LogP contribution < -0.4 is 10.5 Å². The summed E-state index contributed by atoms with van der Waals surface area (Å²) in [6, 6.07) is 5.68. The zero-order valence-corrected chi connectivity index (χ0v) is 13.9. The van der Waals surface area contributed by atoms with Gasteiger partial charge in [-0.15, -0.1) is 11.3 Å². The number of aryl methyl sites for hydroxylation is 1. The Morgan fingerprint density at radius 1 is 1.47 bits per heavy atom. The molecule has 0 amide bonds. The van der Waals surface area contributed by atoms with Gasteiger partial charge in [0.25, 0.3) is 0 Å². The summed E-state index contributed by atoms with van der Waals surface area (Å²) in [4.78, 5) is 0.996. The molecule has 1 heterocycles. The molecule has 1 atom stereocenters. The minimum atomic E-state index is -0.210. The van der Waals surface area contributed by atoms with Crippen molar-refractivity contribution in [1.29, 1.82) is 0 Å². The summed E-state index contributed by atoms with van der Waals surface area (Å²) in [5.74, 6) is 0.826. The van der Waals surface area contributed by atoms with E-state index < -0.39 is 0 Å². The molecular weight excluding hydrogens is 346 g/mol. The highest BCUT2D eigenvalue weighted by molar-refractivity contribution is 9.10. The van der Waals surface area contributed by atoms with Gasteiger partial charge < -0.3 is 10.5 Å². The van der Waals surface area contributed by atoms with E-state index in [1.165, 1.54) is 0 Å². The van der Waals surface area contributed by atoms with Crippen LogP contribution in [0.4, 0.5) is 0 Å². The van der Waals surface area contributed by atoms with Gasteiger partial charge in [0.1, 0.15) is 5.75 Å². The van der Waals surface area contributed by atoms with Crippen molar-refractivity contribution in [3.63, 3.8) is 0 Å². The second-order valence-electron chi connectivity index (χ2n) is 4.20. The van der Waals surface area contributed by atoms with Gasteiger partial charge >= 0.3 is 0 Å². The van der Waals surface area contributed by atoms with Gasteiger partial charge in [0.2, 0.25) is 0 Å². The second-order valence-corrected chi connectivity index (χ2v) is 6.34. The van der Waals surface area contributed by atoms with Gasteiger partial charge in [-0.2, -0.15) is 0 Å². The Balaban J connectivity index is 2.32. The third-order valence-corrected chi connectivity index (χ3v) is 5.24. The van der Waals surface area contributed by atoms with Crippen molar-refractivity contribution in [2.24, 2.45) is 5.73 Å². The molecule has 0 saturated heterocycles. The molecule has 0 fully saturated rings. The van der Waals surface area contributed by atoms with Gasteiger partial charge in [-0.3, -0.25) is 0 Å². The average molecular weight is 361 g/mol. The van der Waals surface area contributed by atoms with Crippen molar-refractivity contribution in [1.82, 2.24) is 0 Å². The zero-order chi connectivity index (χ0) is 14.0. The lowest BCUT2D eigenvalue weighted by atomic mass is 10.1. The third kappa shape index (κ3) is 3.14. The Morgan fingerprint density at radius 2 is 2.21 bits per heavy atom. The van der Waals surface area contributed by atoms with Gasteiger partial charge in [0.05, 0.1) is 22.1 Å². The molecule has 0 spiro atoms. The molecule has 102 valence electrons. The van der Waals surface area contributed by atoms with Crippen LogP contribution in [0.5, 0.6) is 5.75 Å². The van der Waals surface area contributed by atoms with Crippen LogP contribution in [0, 0.1) is 6.92 Å². The number of ether oxygens (including phenoxy) is 1. The minimum absolute atomic E-state index is 0.210. The fraction of sp³-hybridized carbons (Fsp3) is 0.286. The minimum Gasteiger partial charge on any atom is -0.493 e. The summed E-state index contributed by atoms with van der Waals surface area (Å²) in [5.41, 5.74) is 8.37. The Morgan fingerprint density at radius 3 is 2.74 bits per heavy atom. The summed E-state index contributed by atoms with van der Waals surface area (Å²) in [6.07, 6.45) is 0. The van der Waals surface area contributed by atoms with Crippen LogP contribution in [-0.2, 0) is 0 Å². The van der Waals surface area contributed by atoms with Gasteiger partial charge in [-0.05, 0) is 58.4 Å². The Hall–Kier alpha value is -0.550. The smallest absolute Gasteiger partial charge is 0.133 e. The largest absolute Gasteiger partial charge is 0.493 e. The van der Waals surface area contributed by atoms with Crippen LogP contribution >= 0.6 is 38.9 Å². The molecule has 0 aliphatic carbocycles. The lowest BCUT2D eigenvalue weighted by molar-refractivity contribution is 0.338. The Kier molecular flexibility index (Phi) is 4.90. The van der Waals surface area contributed by atoms with Crippen molar-refractivity contribution in [3.05, 3.63) is 49.1 Å². The number of hydrogen-bond acceptors (Lipinski definition) is 3. The summed E-state index contributed by atoms with van der Waals surface area (Å²) >= 11 is 11.4. The standard InChI is InChI=1S/C14H15BrClNOS/c1-3-18-11-5-4-9(6-10(11)15)13(17)14-12(16)8(2)7-19-14/h4-7,13H,3,17H2,1-2H3. The highest BCUT2D eigenvalue weighted by atomic mass is 79.9. The monoisotopic (exact) mass is 359 g/mol. The number of rotatable bonds is 4. The summed E-state index contributed by atoms with van der Waals surface area (Å²) in [6.45, 7) is 4.59. The van der Waals surface area contributed by atoms with E-state index >= 15 is 0 Å². The van der Waals surface area contributed by atoms with Crippen LogP contribution in [-0.4, -0.2) is 6.61 Å². The number of nitrogens with two attached hydrogens (primary N) is 1. The summed E-state index contributed by atoms with van der Waals surface area (Å²) in [7, 11) is 0. The maximum atomic E-state index is 6.29. The number of hydrogen-bond donors (Lipinski definition) is 1. The maximum Gasteiger partial charge on any atom is 0.133 e. The van der Waals surface area contributed by atoms with E-state index in [9.17, 15) is 0 Å². The predicted octanol–water partition coefficient (Wildman–Crippen LogP) is 4.92. The lowest BCUT2D eigenvalue weighted by Crippen LogP contribution is -2.11. The highest BCUT2D eigenvalue weighted by Gasteiger charge is 2.17. The topological polar surface area (TPSA) is 35.2 Å². The molecule has 0 aliphatic heterocycles. The van der Waals surface area contributed by atoms with Crippen molar-refractivity contribution in [3.8, 4) is 5.75 Å². The number of halogens is 2. The first-order valence-electron chi connectivity index (χ1n) is 5.96. The fourth-order valence-corrected chi connectivity index (χ4v) is 3.64. The first-order valence-corrected chi connectivity index (χ1v) is 8.01. The zero-order valence-electron chi connectivity index (χ0n) is 10.7. The predicted molar refractivity (Wildman–Crippen MR) is 85.4 cm³/mol. The highest BCUT2D eigenvalue weighted by Crippen LogP contribution is 2.36. The molecule has 0 saturated carbocycles.